The minimum absolute atomic E-state index is 0.0664. The Bertz CT molecular complexity index is 888. The highest BCUT2D eigenvalue weighted by Crippen LogP contribution is 2.49. The summed E-state index contributed by atoms with van der Waals surface area (Å²) in [6.07, 6.45) is 0. The van der Waals surface area contributed by atoms with E-state index in [0.29, 0.717) is 11.5 Å². The molecule has 2 aromatic rings. The van der Waals surface area contributed by atoms with E-state index < -0.39 is 0 Å². The molecular formula is C20H18O5. The SMILES string of the molecule is C[C@H]1[C@@H](c2ccc3c(c2)OCO3)c2cc3c(cc2C(=O)[C@@H]1C)OCO3. The molecule has 0 saturated carbocycles. The monoisotopic (exact) mass is 338 g/mol. The first kappa shape index (κ1) is 14.6. The molecule has 5 heteroatoms. The minimum Gasteiger partial charge on any atom is -0.454 e. The molecule has 0 fully saturated rings. The van der Waals surface area contributed by atoms with Crippen molar-refractivity contribution in [3.63, 3.8) is 0 Å². The van der Waals surface area contributed by atoms with Crippen LogP contribution in [0.2, 0.25) is 0 Å². The molecule has 3 atom stereocenters. The van der Waals surface area contributed by atoms with Crippen molar-refractivity contribution in [2.45, 2.75) is 19.8 Å². The maximum Gasteiger partial charge on any atom is 0.231 e. The molecule has 0 bridgehead atoms. The molecule has 2 aliphatic heterocycles. The van der Waals surface area contributed by atoms with E-state index in [4.69, 9.17) is 18.9 Å². The zero-order chi connectivity index (χ0) is 17.1. The van der Waals surface area contributed by atoms with Crippen molar-refractivity contribution in [3.05, 3.63) is 47.0 Å². The molecule has 0 radical (unpaired) electrons. The summed E-state index contributed by atoms with van der Waals surface area (Å²) in [6.45, 7) is 4.58. The van der Waals surface area contributed by atoms with E-state index in [9.17, 15) is 4.79 Å². The van der Waals surface area contributed by atoms with Crippen LogP contribution >= 0.6 is 0 Å². The lowest BCUT2D eigenvalue weighted by atomic mass is 9.67. The summed E-state index contributed by atoms with van der Waals surface area (Å²) in [5.74, 6) is 3.24. The number of hydrogen-bond acceptors (Lipinski definition) is 5. The van der Waals surface area contributed by atoms with Gasteiger partial charge < -0.3 is 18.9 Å². The topological polar surface area (TPSA) is 54.0 Å². The molecule has 2 aromatic carbocycles. The van der Waals surface area contributed by atoms with Crippen molar-refractivity contribution in [3.8, 4) is 23.0 Å². The lowest BCUT2D eigenvalue weighted by molar-refractivity contribution is 0.0866. The van der Waals surface area contributed by atoms with Gasteiger partial charge in [-0.05, 0) is 41.3 Å². The molecule has 0 saturated heterocycles. The van der Waals surface area contributed by atoms with Gasteiger partial charge in [0.15, 0.2) is 28.8 Å². The quantitative estimate of drug-likeness (QED) is 0.793. The Balaban J connectivity index is 1.69. The van der Waals surface area contributed by atoms with E-state index in [0.717, 1.165) is 28.2 Å². The molecule has 0 N–H and O–H groups in total. The van der Waals surface area contributed by atoms with E-state index in [-0.39, 0.29) is 37.1 Å². The number of carbonyl (C=O) groups is 1. The van der Waals surface area contributed by atoms with Crippen molar-refractivity contribution < 1.29 is 23.7 Å². The normalized spacial score (nSPS) is 25.8. The average Bonchev–Trinajstić information content (AvgIpc) is 3.26. The van der Waals surface area contributed by atoms with Crippen LogP contribution in [-0.4, -0.2) is 19.4 Å². The van der Waals surface area contributed by atoms with E-state index >= 15 is 0 Å². The van der Waals surface area contributed by atoms with Gasteiger partial charge in [-0.25, -0.2) is 0 Å². The Morgan fingerprint density at radius 1 is 0.840 bits per heavy atom. The van der Waals surface area contributed by atoms with Crippen molar-refractivity contribution in [2.24, 2.45) is 11.8 Å². The second-order valence-electron chi connectivity index (χ2n) is 6.90. The molecule has 2 heterocycles. The van der Waals surface area contributed by atoms with E-state index in [2.05, 4.69) is 13.0 Å². The van der Waals surface area contributed by atoms with Crippen LogP contribution in [0.3, 0.4) is 0 Å². The zero-order valence-electron chi connectivity index (χ0n) is 14.1. The van der Waals surface area contributed by atoms with E-state index in [1.54, 1.807) is 0 Å². The first-order valence-electron chi connectivity index (χ1n) is 8.51. The number of benzene rings is 2. The fraction of sp³-hybridized carbons (Fsp3) is 0.350. The van der Waals surface area contributed by atoms with Crippen molar-refractivity contribution in [1.29, 1.82) is 0 Å². The Morgan fingerprint density at radius 2 is 1.48 bits per heavy atom. The Morgan fingerprint density at radius 3 is 2.24 bits per heavy atom. The first-order chi connectivity index (χ1) is 12.1. The van der Waals surface area contributed by atoms with Gasteiger partial charge in [0, 0.05) is 17.4 Å². The number of hydrogen-bond donors (Lipinski definition) is 0. The van der Waals surface area contributed by atoms with Crippen LogP contribution < -0.4 is 18.9 Å². The molecule has 0 unspecified atom stereocenters. The van der Waals surface area contributed by atoms with Gasteiger partial charge in [-0.3, -0.25) is 4.79 Å². The van der Waals surface area contributed by atoms with Crippen LogP contribution in [0.1, 0.15) is 41.3 Å². The third-order valence-electron chi connectivity index (χ3n) is 5.63. The Labute approximate surface area is 145 Å². The van der Waals surface area contributed by atoms with Gasteiger partial charge in [0.2, 0.25) is 13.6 Å². The van der Waals surface area contributed by atoms with Gasteiger partial charge in [0.25, 0.3) is 0 Å². The number of rotatable bonds is 1. The third kappa shape index (κ3) is 2.05. The molecule has 0 spiro atoms. The molecule has 0 amide bonds. The smallest absolute Gasteiger partial charge is 0.231 e. The maximum absolute atomic E-state index is 12.8. The van der Waals surface area contributed by atoms with Crippen LogP contribution in [0, 0.1) is 11.8 Å². The summed E-state index contributed by atoms with van der Waals surface area (Å²) in [5.41, 5.74) is 2.85. The predicted molar refractivity (Wildman–Crippen MR) is 89.6 cm³/mol. The summed E-state index contributed by atoms with van der Waals surface area (Å²) in [4.78, 5) is 12.8. The van der Waals surface area contributed by atoms with Crippen LogP contribution in [0.5, 0.6) is 23.0 Å². The second kappa shape index (κ2) is 5.15. The van der Waals surface area contributed by atoms with Gasteiger partial charge in [-0.2, -0.15) is 0 Å². The number of ketones is 1. The summed E-state index contributed by atoms with van der Waals surface area (Å²) in [6, 6.07) is 9.83. The largest absolute Gasteiger partial charge is 0.454 e. The summed E-state index contributed by atoms with van der Waals surface area (Å²) < 4.78 is 22.0. The second-order valence-corrected chi connectivity index (χ2v) is 6.90. The fourth-order valence-electron chi connectivity index (χ4n) is 4.07. The third-order valence-corrected chi connectivity index (χ3v) is 5.63. The Kier molecular flexibility index (Phi) is 3.02. The highest BCUT2D eigenvalue weighted by atomic mass is 16.7. The van der Waals surface area contributed by atoms with Crippen LogP contribution in [0.25, 0.3) is 0 Å². The van der Waals surface area contributed by atoms with Gasteiger partial charge in [-0.15, -0.1) is 0 Å². The van der Waals surface area contributed by atoms with Crippen molar-refractivity contribution >= 4 is 5.78 Å². The fourth-order valence-corrected chi connectivity index (χ4v) is 4.07. The number of Topliss-reactive ketones (excluding diaryl/α,β-unsaturated/α-hetero) is 1. The minimum atomic E-state index is -0.0664. The lowest BCUT2D eigenvalue weighted by Crippen LogP contribution is -2.32. The standard InChI is InChI=1S/C20H18O5/c1-10-11(2)20(21)14-7-18-17(24-9-25-18)6-13(14)19(10)12-3-4-15-16(5-12)23-8-22-15/h3-7,10-11,19H,8-9H2,1-2H3/t10-,11-,19+/m1/s1. The van der Waals surface area contributed by atoms with Crippen molar-refractivity contribution in [2.75, 3.05) is 13.6 Å². The lowest BCUT2D eigenvalue weighted by Gasteiger charge is -2.35. The summed E-state index contributed by atoms with van der Waals surface area (Å²) in [7, 11) is 0. The maximum atomic E-state index is 12.8. The number of carbonyl (C=O) groups excluding carboxylic acids is 1. The van der Waals surface area contributed by atoms with Crippen LogP contribution in [-0.2, 0) is 0 Å². The molecule has 5 nitrogen and oxygen atoms in total. The van der Waals surface area contributed by atoms with Gasteiger partial charge in [0.05, 0.1) is 0 Å². The Hall–Kier alpha value is -2.69. The molecule has 0 aromatic heterocycles. The predicted octanol–water partition coefficient (Wildman–Crippen LogP) is 3.74. The molecule has 1 aliphatic carbocycles. The zero-order valence-corrected chi connectivity index (χ0v) is 14.1. The van der Waals surface area contributed by atoms with Gasteiger partial charge >= 0.3 is 0 Å². The van der Waals surface area contributed by atoms with Gasteiger partial charge in [-0.1, -0.05) is 19.9 Å². The van der Waals surface area contributed by atoms with Crippen LogP contribution in [0.4, 0.5) is 0 Å². The molecule has 3 aliphatic rings. The molecular weight excluding hydrogens is 320 g/mol. The molecule has 25 heavy (non-hydrogen) atoms. The first-order valence-corrected chi connectivity index (χ1v) is 8.51. The molecule has 128 valence electrons. The number of ether oxygens (including phenoxy) is 4. The molecule has 5 rings (SSSR count). The highest BCUT2D eigenvalue weighted by Gasteiger charge is 2.40. The summed E-state index contributed by atoms with van der Waals surface area (Å²) >= 11 is 0. The van der Waals surface area contributed by atoms with E-state index in [1.165, 1.54) is 0 Å². The number of fused-ring (bicyclic) bond motifs is 3. The van der Waals surface area contributed by atoms with E-state index in [1.807, 2.05) is 31.2 Å². The van der Waals surface area contributed by atoms with Crippen molar-refractivity contribution in [1.82, 2.24) is 0 Å². The summed E-state index contributed by atoms with van der Waals surface area (Å²) in [5, 5.41) is 0. The average molecular weight is 338 g/mol. The van der Waals surface area contributed by atoms with Gasteiger partial charge in [0.1, 0.15) is 0 Å². The highest BCUT2D eigenvalue weighted by molar-refractivity contribution is 6.01. The van der Waals surface area contributed by atoms with Crippen LogP contribution in [0.15, 0.2) is 30.3 Å².